The summed E-state index contributed by atoms with van der Waals surface area (Å²) in [6.45, 7) is 1.52. The third-order valence-corrected chi connectivity index (χ3v) is 5.22. The number of aliphatic imine (C=N–C) groups is 1. The molecule has 0 aliphatic heterocycles. The third-order valence-electron chi connectivity index (χ3n) is 5.22. The van der Waals surface area contributed by atoms with Gasteiger partial charge in [-0.1, -0.05) is 26.0 Å². The second-order valence-electron chi connectivity index (χ2n) is 8.42. The topological polar surface area (TPSA) is 105 Å². The van der Waals surface area contributed by atoms with Gasteiger partial charge in [-0.15, -0.1) is 0 Å². The van der Waals surface area contributed by atoms with Gasteiger partial charge in [-0.2, -0.15) is 18.6 Å². The number of hydrogen-bond donors (Lipinski definition) is 1. The molecule has 0 aliphatic carbocycles. The van der Waals surface area contributed by atoms with Gasteiger partial charge in [0, 0.05) is 30.6 Å². The molecule has 0 bridgehead atoms. The number of nitrogen functional groups attached to an aromatic ring is 1. The van der Waals surface area contributed by atoms with Gasteiger partial charge in [0.1, 0.15) is 16.8 Å². The van der Waals surface area contributed by atoms with E-state index in [1.54, 1.807) is 43.6 Å². The molecule has 8 nitrogen and oxygen atoms in total. The van der Waals surface area contributed by atoms with Crippen LogP contribution in [0.4, 0.5) is 14.5 Å². The number of benzene rings is 2. The van der Waals surface area contributed by atoms with Crippen LogP contribution in [0.5, 0.6) is 11.6 Å². The standard InChI is InChI=1S/C26H25F2N5O3/c1-15(2)14-35-22-11-10-21-24(31-22)23(16-4-7-19(8-5-16)36-26(27)28)25(34)33(32-21)18-6-9-20(29)17(12-18)13-30-3/h4-13,15,26H,14,29H2,1-3H3. The van der Waals surface area contributed by atoms with E-state index in [0.29, 0.717) is 46.0 Å². The molecule has 10 heteroatoms. The fraction of sp³-hybridized carbons (Fsp3) is 0.231. The zero-order valence-electron chi connectivity index (χ0n) is 20.0. The van der Waals surface area contributed by atoms with Gasteiger partial charge in [0.25, 0.3) is 5.56 Å². The Balaban J connectivity index is 1.93. The summed E-state index contributed by atoms with van der Waals surface area (Å²) in [7, 11) is 1.62. The molecule has 0 radical (unpaired) electrons. The first-order valence-corrected chi connectivity index (χ1v) is 11.2. The molecule has 0 amide bonds. The van der Waals surface area contributed by atoms with Crippen LogP contribution < -0.4 is 20.8 Å². The molecule has 0 saturated heterocycles. The van der Waals surface area contributed by atoms with E-state index >= 15 is 0 Å². The van der Waals surface area contributed by atoms with Crippen LogP contribution in [0.3, 0.4) is 0 Å². The summed E-state index contributed by atoms with van der Waals surface area (Å²) in [5.74, 6) is 0.605. The highest BCUT2D eigenvalue weighted by Crippen LogP contribution is 2.28. The summed E-state index contributed by atoms with van der Waals surface area (Å²) in [5, 5.41) is 4.53. The normalized spacial score (nSPS) is 11.6. The first-order valence-electron chi connectivity index (χ1n) is 11.2. The van der Waals surface area contributed by atoms with E-state index in [2.05, 4.69) is 19.8 Å². The van der Waals surface area contributed by atoms with E-state index in [0.717, 1.165) is 0 Å². The van der Waals surface area contributed by atoms with Crippen molar-refractivity contribution in [2.24, 2.45) is 10.9 Å². The molecule has 36 heavy (non-hydrogen) atoms. The van der Waals surface area contributed by atoms with E-state index in [-0.39, 0.29) is 17.2 Å². The maximum absolute atomic E-state index is 13.8. The molecule has 0 saturated carbocycles. The predicted molar refractivity (Wildman–Crippen MR) is 135 cm³/mol. The van der Waals surface area contributed by atoms with Gasteiger partial charge in [-0.25, -0.2) is 4.98 Å². The molecule has 2 aromatic carbocycles. The molecule has 2 N–H and O–H groups in total. The molecule has 0 fully saturated rings. The summed E-state index contributed by atoms with van der Waals surface area (Å²) in [6, 6.07) is 14.3. The van der Waals surface area contributed by atoms with Crippen LogP contribution in [-0.4, -0.2) is 41.2 Å². The Kier molecular flexibility index (Phi) is 7.23. The zero-order chi connectivity index (χ0) is 25.8. The van der Waals surface area contributed by atoms with E-state index in [1.165, 1.54) is 28.9 Å². The minimum Gasteiger partial charge on any atom is -0.477 e. The maximum atomic E-state index is 13.8. The summed E-state index contributed by atoms with van der Waals surface area (Å²) >= 11 is 0. The van der Waals surface area contributed by atoms with Gasteiger partial charge < -0.3 is 15.2 Å². The summed E-state index contributed by atoms with van der Waals surface area (Å²) in [5.41, 5.74) is 8.65. The molecule has 186 valence electrons. The highest BCUT2D eigenvalue weighted by atomic mass is 19.3. The van der Waals surface area contributed by atoms with Crippen LogP contribution in [0.2, 0.25) is 0 Å². The molecule has 4 aromatic rings. The van der Waals surface area contributed by atoms with Crippen molar-refractivity contribution in [1.29, 1.82) is 0 Å². The lowest BCUT2D eigenvalue weighted by Crippen LogP contribution is -2.24. The molecule has 0 unspecified atom stereocenters. The second kappa shape index (κ2) is 10.5. The van der Waals surface area contributed by atoms with Gasteiger partial charge >= 0.3 is 6.61 Å². The van der Waals surface area contributed by atoms with Crippen LogP contribution >= 0.6 is 0 Å². The molecule has 0 spiro atoms. The van der Waals surface area contributed by atoms with Crippen molar-refractivity contribution in [3.8, 4) is 28.4 Å². The minimum atomic E-state index is -2.96. The number of aromatic nitrogens is 3. The van der Waals surface area contributed by atoms with Gasteiger partial charge in [0.05, 0.1) is 17.9 Å². The van der Waals surface area contributed by atoms with Gasteiger partial charge in [-0.3, -0.25) is 9.79 Å². The third kappa shape index (κ3) is 5.32. The molecule has 4 rings (SSSR count). The highest BCUT2D eigenvalue weighted by molar-refractivity contribution is 5.91. The summed E-state index contributed by atoms with van der Waals surface area (Å²) in [4.78, 5) is 22.3. The smallest absolute Gasteiger partial charge is 0.387 e. The number of rotatable bonds is 8. The van der Waals surface area contributed by atoms with Crippen molar-refractivity contribution >= 4 is 22.9 Å². The maximum Gasteiger partial charge on any atom is 0.387 e. The minimum absolute atomic E-state index is 0.0246. The molecular formula is C26H25F2N5O3. The average molecular weight is 494 g/mol. The molecular weight excluding hydrogens is 468 g/mol. The number of halogens is 2. The first-order chi connectivity index (χ1) is 17.3. The fourth-order valence-electron chi connectivity index (χ4n) is 3.57. The monoisotopic (exact) mass is 493 g/mol. The molecule has 0 aliphatic rings. The number of nitrogens with two attached hydrogens (primary N) is 1. The van der Waals surface area contributed by atoms with Crippen molar-refractivity contribution in [3.63, 3.8) is 0 Å². The Morgan fingerprint density at radius 3 is 2.53 bits per heavy atom. The van der Waals surface area contributed by atoms with Crippen molar-refractivity contribution in [2.75, 3.05) is 19.4 Å². The Labute approximate surface area is 206 Å². The molecule has 2 aromatic heterocycles. The SMILES string of the molecule is CN=Cc1cc(-n2nc3ccc(OCC(C)C)nc3c(-c3ccc(OC(F)F)cc3)c2=O)ccc1N. The fourth-order valence-corrected chi connectivity index (χ4v) is 3.57. The lowest BCUT2D eigenvalue weighted by atomic mass is 10.1. The van der Waals surface area contributed by atoms with Crippen LogP contribution in [0.15, 0.2) is 64.4 Å². The number of hydrogen-bond acceptors (Lipinski definition) is 7. The lowest BCUT2D eigenvalue weighted by molar-refractivity contribution is -0.0498. The first kappa shape index (κ1) is 24.8. The van der Waals surface area contributed by atoms with Crippen molar-refractivity contribution in [3.05, 3.63) is 70.5 Å². The summed E-state index contributed by atoms with van der Waals surface area (Å²) in [6.07, 6.45) is 1.59. The average Bonchev–Trinajstić information content (AvgIpc) is 2.84. The van der Waals surface area contributed by atoms with Crippen molar-refractivity contribution < 1.29 is 18.3 Å². The van der Waals surface area contributed by atoms with Gasteiger partial charge in [0.15, 0.2) is 0 Å². The van der Waals surface area contributed by atoms with Gasteiger partial charge in [-0.05, 0) is 47.9 Å². The number of nitrogens with zero attached hydrogens (tertiary/aromatic N) is 4. The van der Waals surface area contributed by atoms with Crippen LogP contribution in [0.1, 0.15) is 19.4 Å². The van der Waals surface area contributed by atoms with E-state index in [4.69, 9.17) is 10.5 Å². The molecule has 2 heterocycles. The molecule has 0 atom stereocenters. The Bertz CT molecular complexity index is 1470. The number of fused-ring (bicyclic) bond motifs is 1. The Morgan fingerprint density at radius 2 is 1.86 bits per heavy atom. The second-order valence-corrected chi connectivity index (χ2v) is 8.42. The predicted octanol–water partition coefficient (Wildman–Crippen LogP) is 4.71. The Hall–Kier alpha value is -4.34. The van der Waals surface area contributed by atoms with Crippen LogP contribution in [0.25, 0.3) is 27.8 Å². The lowest BCUT2D eigenvalue weighted by Gasteiger charge is -2.14. The summed E-state index contributed by atoms with van der Waals surface area (Å²) < 4.78 is 36.7. The zero-order valence-corrected chi connectivity index (χ0v) is 20.0. The number of ether oxygens (including phenoxy) is 2. The van der Waals surface area contributed by atoms with E-state index in [9.17, 15) is 13.6 Å². The van der Waals surface area contributed by atoms with Crippen LogP contribution in [-0.2, 0) is 0 Å². The Morgan fingerprint density at radius 1 is 1.11 bits per heavy atom. The van der Waals surface area contributed by atoms with Crippen LogP contribution in [0, 0.1) is 5.92 Å². The van der Waals surface area contributed by atoms with E-state index in [1.807, 2.05) is 13.8 Å². The van der Waals surface area contributed by atoms with Gasteiger partial charge in [0.2, 0.25) is 5.88 Å². The van der Waals surface area contributed by atoms with Crippen molar-refractivity contribution in [2.45, 2.75) is 20.5 Å². The number of anilines is 1. The number of pyridine rings is 1. The number of alkyl halides is 2. The van der Waals surface area contributed by atoms with Crippen molar-refractivity contribution in [1.82, 2.24) is 14.8 Å². The largest absolute Gasteiger partial charge is 0.477 e. The quantitative estimate of drug-likeness (QED) is 0.281. The highest BCUT2D eigenvalue weighted by Gasteiger charge is 2.18. The van der Waals surface area contributed by atoms with E-state index < -0.39 is 12.2 Å².